The SMILES string of the molecule is O=C(Nc1ccccc1)N1CCSCC1F. The molecule has 1 unspecified atom stereocenters. The number of nitrogens with zero attached hydrogens (tertiary/aromatic N) is 1. The van der Waals surface area contributed by atoms with Crippen LogP contribution in [-0.2, 0) is 0 Å². The van der Waals surface area contributed by atoms with Gasteiger partial charge in [0.25, 0.3) is 0 Å². The van der Waals surface area contributed by atoms with Crippen molar-refractivity contribution in [2.24, 2.45) is 0 Å². The molecule has 3 nitrogen and oxygen atoms in total. The third-order valence-electron chi connectivity index (χ3n) is 2.36. The number of thioether (sulfide) groups is 1. The summed E-state index contributed by atoms with van der Waals surface area (Å²) in [4.78, 5) is 13.0. The highest BCUT2D eigenvalue weighted by atomic mass is 32.2. The largest absolute Gasteiger partial charge is 0.324 e. The van der Waals surface area contributed by atoms with E-state index in [9.17, 15) is 9.18 Å². The molecule has 1 N–H and O–H groups in total. The van der Waals surface area contributed by atoms with Crippen LogP contribution in [0, 0.1) is 0 Å². The molecular formula is C11H13FN2OS. The number of anilines is 1. The molecule has 1 aliphatic rings. The minimum atomic E-state index is -1.18. The van der Waals surface area contributed by atoms with Crippen molar-refractivity contribution in [3.05, 3.63) is 30.3 Å². The molecule has 1 aliphatic heterocycles. The highest BCUT2D eigenvalue weighted by Gasteiger charge is 2.26. The van der Waals surface area contributed by atoms with Crippen LogP contribution in [0.25, 0.3) is 0 Å². The number of carbonyl (C=O) groups is 1. The van der Waals surface area contributed by atoms with Crippen molar-refractivity contribution < 1.29 is 9.18 Å². The highest BCUT2D eigenvalue weighted by molar-refractivity contribution is 7.99. The van der Waals surface area contributed by atoms with Crippen LogP contribution in [0.4, 0.5) is 14.9 Å². The summed E-state index contributed by atoms with van der Waals surface area (Å²) in [6.45, 7) is 0.463. The Morgan fingerprint density at radius 2 is 2.19 bits per heavy atom. The topological polar surface area (TPSA) is 32.3 Å². The molecule has 0 spiro atoms. The Bertz CT molecular complexity index is 360. The van der Waals surface area contributed by atoms with Gasteiger partial charge in [-0.15, -0.1) is 0 Å². The van der Waals surface area contributed by atoms with Crippen LogP contribution in [-0.4, -0.2) is 35.3 Å². The summed E-state index contributed by atoms with van der Waals surface area (Å²) in [6.07, 6.45) is -1.18. The Morgan fingerprint density at radius 3 is 2.88 bits per heavy atom. The molecule has 0 bridgehead atoms. The van der Waals surface area contributed by atoms with Crippen molar-refractivity contribution in [2.75, 3.05) is 23.4 Å². The minimum Gasteiger partial charge on any atom is -0.308 e. The third-order valence-corrected chi connectivity index (χ3v) is 3.34. The number of rotatable bonds is 1. The molecule has 86 valence electrons. The highest BCUT2D eigenvalue weighted by Crippen LogP contribution is 2.18. The van der Waals surface area contributed by atoms with Gasteiger partial charge in [0.15, 0.2) is 6.30 Å². The first-order chi connectivity index (χ1) is 7.77. The first-order valence-electron chi connectivity index (χ1n) is 5.12. The second-order valence-corrected chi connectivity index (χ2v) is 4.65. The van der Waals surface area contributed by atoms with Crippen molar-refractivity contribution in [3.63, 3.8) is 0 Å². The molecule has 0 radical (unpaired) electrons. The summed E-state index contributed by atoms with van der Waals surface area (Å²) in [7, 11) is 0. The van der Waals surface area contributed by atoms with E-state index < -0.39 is 6.30 Å². The molecule has 1 aromatic carbocycles. The molecule has 16 heavy (non-hydrogen) atoms. The van der Waals surface area contributed by atoms with Crippen molar-refractivity contribution in [1.82, 2.24) is 4.90 Å². The van der Waals surface area contributed by atoms with Gasteiger partial charge in [0.1, 0.15) is 0 Å². The summed E-state index contributed by atoms with van der Waals surface area (Å²) >= 11 is 1.53. The lowest BCUT2D eigenvalue weighted by Gasteiger charge is -2.30. The van der Waals surface area contributed by atoms with Gasteiger partial charge < -0.3 is 5.32 Å². The molecule has 1 fully saturated rings. The number of amides is 2. The second kappa shape index (κ2) is 5.21. The number of benzene rings is 1. The monoisotopic (exact) mass is 240 g/mol. The van der Waals surface area contributed by atoms with E-state index in [-0.39, 0.29) is 6.03 Å². The van der Waals surface area contributed by atoms with Gasteiger partial charge in [-0.2, -0.15) is 11.8 Å². The first kappa shape index (κ1) is 11.3. The predicted molar refractivity (Wildman–Crippen MR) is 64.4 cm³/mol. The maximum atomic E-state index is 13.4. The van der Waals surface area contributed by atoms with E-state index >= 15 is 0 Å². The molecule has 2 amide bonds. The van der Waals surface area contributed by atoms with Gasteiger partial charge >= 0.3 is 6.03 Å². The van der Waals surface area contributed by atoms with Gasteiger partial charge in [-0.05, 0) is 12.1 Å². The van der Waals surface area contributed by atoms with Crippen LogP contribution < -0.4 is 5.32 Å². The molecule has 1 aromatic rings. The standard InChI is InChI=1S/C11H13FN2OS/c12-10-8-16-7-6-14(10)11(15)13-9-4-2-1-3-5-9/h1-5,10H,6-8H2,(H,13,15). The average molecular weight is 240 g/mol. The van der Waals surface area contributed by atoms with Crippen LogP contribution >= 0.6 is 11.8 Å². The van der Waals surface area contributed by atoms with Crippen molar-refractivity contribution >= 4 is 23.5 Å². The van der Waals surface area contributed by atoms with Crippen molar-refractivity contribution in [2.45, 2.75) is 6.30 Å². The lowest BCUT2D eigenvalue weighted by atomic mass is 10.3. The van der Waals surface area contributed by atoms with E-state index in [4.69, 9.17) is 0 Å². The number of nitrogens with one attached hydrogen (secondary N) is 1. The number of carbonyl (C=O) groups excluding carboxylic acids is 1. The van der Waals surface area contributed by atoms with Gasteiger partial charge in [-0.1, -0.05) is 18.2 Å². The molecule has 0 aliphatic carbocycles. The van der Waals surface area contributed by atoms with Crippen LogP contribution in [0.1, 0.15) is 0 Å². The van der Waals surface area contributed by atoms with E-state index in [1.807, 2.05) is 18.2 Å². The summed E-state index contributed by atoms with van der Waals surface area (Å²) in [5, 5.41) is 2.68. The van der Waals surface area contributed by atoms with E-state index in [0.29, 0.717) is 18.0 Å². The quantitative estimate of drug-likeness (QED) is 0.765. The number of halogens is 1. The van der Waals surface area contributed by atoms with Crippen LogP contribution in [0.3, 0.4) is 0 Å². The smallest absolute Gasteiger partial charge is 0.308 e. The minimum absolute atomic E-state index is 0.362. The Labute approximate surface area is 98.0 Å². The average Bonchev–Trinajstić information content (AvgIpc) is 2.31. The molecule has 0 aromatic heterocycles. The van der Waals surface area contributed by atoms with Crippen LogP contribution in [0.2, 0.25) is 0 Å². The summed E-state index contributed by atoms with van der Waals surface area (Å²) in [5.74, 6) is 1.16. The molecule has 2 rings (SSSR count). The van der Waals surface area contributed by atoms with Gasteiger partial charge in [0.2, 0.25) is 0 Å². The normalized spacial score (nSPS) is 20.6. The maximum absolute atomic E-state index is 13.4. The van der Waals surface area contributed by atoms with E-state index in [2.05, 4.69) is 5.32 Å². The lowest BCUT2D eigenvalue weighted by Crippen LogP contribution is -2.45. The Morgan fingerprint density at radius 1 is 1.44 bits per heavy atom. The van der Waals surface area contributed by atoms with Gasteiger partial charge in [-0.25, -0.2) is 9.18 Å². The zero-order valence-electron chi connectivity index (χ0n) is 8.73. The van der Waals surface area contributed by atoms with Gasteiger partial charge in [0.05, 0.1) is 0 Å². The lowest BCUT2D eigenvalue weighted by molar-refractivity contribution is 0.131. The summed E-state index contributed by atoms with van der Waals surface area (Å²) in [5.41, 5.74) is 0.693. The molecular weight excluding hydrogens is 227 g/mol. The van der Waals surface area contributed by atoms with Gasteiger partial charge in [-0.3, -0.25) is 4.90 Å². The number of para-hydroxylation sites is 1. The zero-order valence-corrected chi connectivity index (χ0v) is 9.54. The molecule has 1 saturated heterocycles. The Balaban J connectivity index is 1.97. The fourth-order valence-corrected chi connectivity index (χ4v) is 2.39. The maximum Gasteiger partial charge on any atom is 0.324 e. The van der Waals surface area contributed by atoms with E-state index in [1.54, 1.807) is 12.1 Å². The van der Waals surface area contributed by atoms with E-state index in [1.165, 1.54) is 16.7 Å². The second-order valence-electron chi connectivity index (χ2n) is 3.50. The Hall–Kier alpha value is -1.23. The summed E-state index contributed by atoms with van der Waals surface area (Å²) < 4.78 is 13.4. The number of alkyl halides is 1. The fourth-order valence-electron chi connectivity index (χ4n) is 1.52. The zero-order chi connectivity index (χ0) is 11.4. The summed E-state index contributed by atoms with van der Waals surface area (Å²) in [6, 6.07) is 8.72. The molecule has 5 heteroatoms. The fraction of sp³-hybridized carbons (Fsp3) is 0.364. The molecule has 1 atom stereocenters. The first-order valence-corrected chi connectivity index (χ1v) is 6.27. The third kappa shape index (κ3) is 2.66. The van der Waals surface area contributed by atoms with Crippen LogP contribution in [0.15, 0.2) is 30.3 Å². The van der Waals surface area contributed by atoms with Crippen molar-refractivity contribution in [1.29, 1.82) is 0 Å². The predicted octanol–water partition coefficient (Wildman–Crippen LogP) is 2.56. The van der Waals surface area contributed by atoms with Crippen molar-refractivity contribution in [3.8, 4) is 0 Å². The Kier molecular flexibility index (Phi) is 3.66. The number of hydrogen-bond donors (Lipinski definition) is 1. The number of hydrogen-bond acceptors (Lipinski definition) is 2. The molecule has 0 saturated carbocycles. The van der Waals surface area contributed by atoms with E-state index in [0.717, 1.165) is 5.75 Å². The number of urea groups is 1. The van der Waals surface area contributed by atoms with Gasteiger partial charge in [0, 0.05) is 23.7 Å². The van der Waals surface area contributed by atoms with Crippen LogP contribution in [0.5, 0.6) is 0 Å². The molecule has 1 heterocycles.